The highest BCUT2D eigenvalue weighted by atomic mass is 32.1. The number of nitrogens with two attached hydrogens (primary N) is 1. The van der Waals surface area contributed by atoms with Gasteiger partial charge in [-0.25, -0.2) is 0 Å². The summed E-state index contributed by atoms with van der Waals surface area (Å²) in [4.78, 5) is 1.84. The number of nitrogens with zero attached hydrogens (tertiary/aromatic N) is 1. The quantitative estimate of drug-likeness (QED) is 0.607. The summed E-state index contributed by atoms with van der Waals surface area (Å²) in [6.07, 6.45) is 1.78. The van der Waals surface area contributed by atoms with E-state index >= 15 is 0 Å². The first-order valence-corrected chi connectivity index (χ1v) is 4.80. The Labute approximate surface area is 90.0 Å². The lowest BCUT2D eigenvalue weighted by atomic mass is 10.2. The highest BCUT2D eigenvalue weighted by molar-refractivity contribution is 7.80. The van der Waals surface area contributed by atoms with Gasteiger partial charge in [-0.05, 0) is 31.3 Å². The Morgan fingerprint density at radius 1 is 1.50 bits per heavy atom. The molecule has 0 heterocycles. The van der Waals surface area contributed by atoms with Gasteiger partial charge >= 0.3 is 0 Å². The topological polar surface area (TPSA) is 29.3 Å². The molecular weight excluding hydrogens is 192 g/mol. The third-order valence-electron chi connectivity index (χ3n) is 1.92. The minimum Gasteiger partial charge on any atom is -0.376 e. The van der Waals surface area contributed by atoms with Crippen molar-refractivity contribution in [3.8, 4) is 0 Å². The Morgan fingerprint density at radius 2 is 2.07 bits per heavy atom. The number of anilines is 1. The first-order valence-electron chi connectivity index (χ1n) is 4.39. The molecule has 0 radical (unpaired) electrons. The maximum absolute atomic E-state index is 5.60. The Kier molecular flexibility index (Phi) is 3.65. The van der Waals surface area contributed by atoms with Crippen LogP contribution in [0.5, 0.6) is 0 Å². The molecule has 1 aromatic rings. The van der Waals surface area contributed by atoms with E-state index in [-0.39, 0.29) is 0 Å². The van der Waals surface area contributed by atoms with Gasteiger partial charge in [0, 0.05) is 12.2 Å². The van der Waals surface area contributed by atoms with Crippen molar-refractivity contribution in [2.75, 3.05) is 11.4 Å². The molecule has 1 rings (SSSR count). The molecule has 0 amide bonds. The van der Waals surface area contributed by atoms with Crippen LogP contribution >= 0.6 is 12.2 Å². The van der Waals surface area contributed by atoms with Crippen LogP contribution in [-0.4, -0.2) is 11.7 Å². The van der Waals surface area contributed by atoms with Crippen molar-refractivity contribution in [1.82, 2.24) is 0 Å². The molecule has 14 heavy (non-hydrogen) atoms. The minimum absolute atomic E-state index is 0.369. The van der Waals surface area contributed by atoms with E-state index in [1.807, 2.05) is 36.1 Å². The van der Waals surface area contributed by atoms with E-state index in [2.05, 4.69) is 6.58 Å². The SMILES string of the molecule is C=CCN(C(N)=S)c1ccc(C)cc1. The summed E-state index contributed by atoms with van der Waals surface area (Å²) >= 11 is 4.95. The van der Waals surface area contributed by atoms with Crippen molar-refractivity contribution in [2.24, 2.45) is 5.73 Å². The molecule has 0 aliphatic carbocycles. The molecule has 2 N–H and O–H groups in total. The van der Waals surface area contributed by atoms with Gasteiger partial charge in [-0.3, -0.25) is 0 Å². The first kappa shape index (κ1) is 10.7. The van der Waals surface area contributed by atoms with Gasteiger partial charge in [-0.15, -0.1) is 6.58 Å². The van der Waals surface area contributed by atoms with E-state index in [1.54, 1.807) is 6.08 Å². The second-order valence-electron chi connectivity index (χ2n) is 3.07. The van der Waals surface area contributed by atoms with Gasteiger partial charge in [0.25, 0.3) is 0 Å². The molecule has 0 aliphatic rings. The van der Waals surface area contributed by atoms with Crippen LogP contribution in [0.1, 0.15) is 5.56 Å². The lowest BCUT2D eigenvalue weighted by molar-refractivity contribution is 1.14. The van der Waals surface area contributed by atoms with Gasteiger partial charge in [0.15, 0.2) is 5.11 Å². The molecule has 0 atom stereocenters. The number of hydrogen-bond acceptors (Lipinski definition) is 1. The van der Waals surface area contributed by atoms with Crippen molar-refractivity contribution >= 4 is 23.0 Å². The van der Waals surface area contributed by atoms with E-state index in [0.717, 1.165) is 5.69 Å². The first-order chi connectivity index (χ1) is 6.65. The average molecular weight is 206 g/mol. The third-order valence-corrected chi connectivity index (χ3v) is 2.14. The molecular formula is C11H14N2S. The van der Waals surface area contributed by atoms with E-state index in [4.69, 9.17) is 18.0 Å². The van der Waals surface area contributed by atoms with Crippen LogP contribution in [0.15, 0.2) is 36.9 Å². The van der Waals surface area contributed by atoms with Crippen LogP contribution in [0.25, 0.3) is 0 Å². The van der Waals surface area contributed by atoms with Gasteiger partial charge in [0.1, 0.15) is 0 Å². The molecule has 0 fully saturated rings. The Bertz CT molecular complexity index is 330. The van der Waals surface area contributed by atoms with E-state index in [9.17, 15) is 0 Å². The molecule has 0 bridgehead atoms. The van der Waals surface area contributed by atoms with Crippen LogP contribution in [0.4, 0.5) is 5.69 Å². The van der Waals surface area contributed by atoms with Crippen LogP contribution in [0.3, 0.4) is 0 Å². The molecule has 0 aliphatic heterocycles. The van der Waals surface area contributed by atoms with Gasteiger partial charge in [-0.2, -0.15) is 0 Å². The molecule has 1 aromatic carbocycles. The average Bonchev–Trinajstić information content (AvgIpc) is 2.15. The number of benzene rings is 1. The summed E-state index contributed by atoms with van der Waals surface area (Å²) in [6, 6.07) is 8.06. The third kappa shape index (κ3) is 2.57. The monoisotopic (exact) mass is 206 g/mol. The predicted octanol–water partition coefficient (Wildman–Crippen LogP) is 2.23. The highest BCUT2D eigenvalue weighted by Crippen LogP contribution is 2.14. The maximum Gasteiger partial charge on any atom is 0.171 e. The molecule has 0 saturated carbocycles. The van der Waals surface area contributed by atoms with Gasteiger partial charge in [-0.1, -0.05) is 23.8 Å². The number of aryl methyl sites for hydroxylation is 1. The fourth-order valence-electron chi connectivity index (χ4n) is 1.18. The smallest absolute Gasteiger partial charge is 0.171 e. The predicted molar refractivity (Wildman–Crippen MR) is 65.5 cm³/mol. The molecule has 0 unspecified atom stereocenters. The van der Waals surface area contributed by atoms with Crippen molar-refractivity contribution in [1.29, 1.82) is 0 Å². The molecule has 0 aromatic heterocycles. The minimum atomic E-state index is 0.369. The molecule has 3 heteroatoms. The largest absolute Gasteiger partial charge is 0.376 e. The number of rotatable bonds is 3. The molecule has 0 spiro atoms. The zero-order valence-corrected chi connectivity index (χ0v) is 9.05. The van der Waals surface area contributed by atoms with Gasteiger partial charge in [0.05, 0.1) is 0 Å². The molecule has 74 valence electrons. The zero-order valence-electron chi connectivity index (χ0n) is 8.23. The van der Waals surface area contributed by atoms with Crippen molar-refractivity contribution in [3.05, 3.63) is 42.5 Å². The Hall–Kier alpha value is -1.35. The van der Waals surface area contributed by atoms with Gasteiger partial charge < -0.3 is 10.6 Å². The van der Waals surface area contributed by atoms with E-state index in [1.165, 1.54) is 5.56 Å². The van der Waals surface area contributed by atoms with Crippen molar-refractivity contribution in [3.63, 3.8) is 0 Å². The van der Waals surface area contributed by atoms with E-state index < -0.39 is 0 Å². The summed E-state index contributed by atoms with van der Waals surface area (Å²) in [7, 11) is 0. The Balaban J connectivity index is 2.93. The summed E-state index contributed by atoms with van der Waals surface area (Å²) in [5.41, 5.74) is 7.82. The molecule has 0 saturated heterocycles. The molecule has 2 nitrogen and oxygen atoms in total. The van der Waals surface area contributed by atoms with Crippen LogP contribution in [0.2, 0.25) is 0 Å². The van der Waals surface area contributed by atoms with E-state index in [0.29, 0.717) is 11.7 Å². The zero-order chi connectivity index (χ0) is 10.6. The second-order valence-corrected chi connectivity index (χ2v) is 3.49. The highest BCUT2D eigenvalue weighted by Gasteiger charge is 2.05. The maximum atomic E-state index is 5.60. The van der Waals surface area contributed by atoms with Crippen LogP contribution in [0, 0.1) is 6.92 Å². The lowest BCUT2D eigenvalue weighted by Crippen LogP contribution is -2.35. The lowest BCUT2D eigenvalue weighted by Gasteiger charge is -2.21. The van der Waals surface area contributed by atoms with Crippen LogP contribution < -0.4 is 10.6 Å². The number of thiocarbonyl (C=S) groups is 1. The summed E-state index contributed by atoms with van der Waals surface area (Å²) in [5, 5.41) is 0.369. The second kappa shape index (κ2) is 4.77. The normalized spacial score (nSPS) is 9.50. The Morgan fingerprint density at radius 3 is 2.50 bits per heavy atom. The van der Waals surface area contributed by atoms with Crippen LogP contribution in [-0.2, 0) is 0 Å². The number of hydrogen-bond donors (Lipinski definition) is 1. The van der Waals surface area contributed by atoms with Crippen molar-refractivity contribution in [2.45, 2.75) is 6.92 Å². The summed E-state index contributed by atoms with van der Waals surface area (Å²) in [6.45, 7) is 6.35. The fraction of sp³-hybridized carbons (Fsp3) is 0.182. The van der Waals surface area contributed by atoms with Crippen molar-refractivity contribution < 1.29 is 0 Å². The fourth-order valence-corrected chi connectivity index (χ4v) is 1.36. The summed E-state index contributed by atoms with van der Waals surface area (Å²) in [5.74, 6) is 0. The standard InChI is InChI=1S/C11H14N2S/c1-3-8-13(11(12)14)10-6-4-9(2)5-7-10/h3-7H,1,8H2,2H3,(H2,12,14). The van der Waals surface area contributed by atoms with Gasteiger partial charge in [0.2, 0.25) is 0 Å². The summed E-state index contributed by atoms with van der Waals surface area (Å²) < 4.78 is 0.